The molecule has 4 nitrogen and oxygen atoms in total. The molecule has 2 aromatic carbocycles. The fourth-order valence-electron chi connectivity index (χ4n) is 3.48. The molecular weight excluding hydrogens is 389 g/mol. The summed E-state index contributed by atoms with van der Waals surface area (Å²) in [5.74, 6) is 0.437. The van der Waals surface area contributed by atoms with Crippen LogP contribution in [-0.2, 0) is 16.2 Å². The number of alkyl halides is 3. The number of sulfonamides is 1. The van der Waals surface area contributed by atoms with Gasteiger partial charge in [0.05, 0.1) is 10.5 Å². The second kappa shape index (κ2) is 8.13. The first-order valence-electron chi connectivity index (χ1n) is 9.21. The van der Waals surface area contributed by atoms with Gasteiger partial charge in [0.2, 0.25) is 0 Å². The molecule has 1 atom stereocenters. The molecule has 0 radical (unpaired) electrons. The molecule has 0 bridgehead atoms. The zero-order valence-corrected chi connectivity index (χ0v) is 16.4. The third-order valence-corrected chi connectivity index (χ3v) is 6.34. The van der Waals surface area contributed by atoms with Crippen LogP contribution in [0.15, 0.2) is 53.4 Å². The molecule has 0 saturated carbocycles. The molecule has 1 unspecified atom stereocenters. The summed E-state index contributed by atoms with van der Waals surface area (Å²) >= 11 is 0. The van der Waals surface area contributed by atoms with E-state index in [1.54, 1.807) is 12.1 Å². The molecule has 1 heterocycles. The van der Waals surface area contributed by atoms with Gasteiger partial charge in [0.15, 0.2) is 0 Å². The fourth-order valence-corrected chi connectivity index (χ4v) is 4.54. The van der Waals surface area contributed by atoms with Crippen LogP contribution in [0, 0.1) is 0 Å². The molecule has 8 heteroatoms. The van der Waals surface area contributed by atoms with Gasteiger partial charge >= 0.3 is 6.18 Å². The van der Waals surface area contributed by atoms with Crippen LogP contribution >= 0.6 is 0 Å². The smallest absolute Gasteiger partial charge is 0.303 e. The Morgan fingerprint density at radius 3 is 2.29 bits per heavy atom. The first-order valence-corrected chi connectivity index (χ1v) is 10.7. The van der Waals surface area contributed by atoms with E-state index in [1.807, 2.05) is 12.1 Å². The Balaban J connectivity index is 1.68. The van der Waals surface area contributed by atoms with Crippen molar-refractivity contribution in [1.82, 2.24) is 4.90 Å². The minimum Gasteiger partial charge on any atom is -0.303 e. The van der Waals surface area contributed by atoms with Crippen molar-refractivity contribution in [2.45, 2.75) is 36.8 Å². The summed E-state index contributed by atoms with van der Waals surface area (Å²) in [4.78, 5) is 2.21. The lowest BCUT2D eigenvalue weighted by atomic mass is 9.98. The van der Waals surface area contributed by atoms with Gasteiger partial charge in [-0.05, 0) is 73.8 Å². The molecule has 152 valence electrons. The average molecular weight is 412 g/mol. The maximum atomic E-state index is 12.6. The van der Waals surface area contributed by atoms with Crippen LogP contribution in [0.4, 0.5) is 18.9 Å². The van der Waals surface area contributed by atoms with E-state index in [4.69, 9.17) is 0 Å². The van der Waals surface area contributed by atoms with Crippen molar-refractivity contribution in [3.63, 3.8) is 0 Å². The Hall–Kier alpha value is -2.06. The number of halogens is 3. The number of benzene rings is 2. The van der Waals surface area contributed by atoms with Gasteiger partial charge in [-0.3, -0.25) is 4.72 Å². The van der Waals surface area contributed by atoms with Crippen LogP contribution < -0.4 is 4.72 Å². The minimum absolute atomic E-state index is 0.212. The lowest BCUT2D eigenvalue weighted by Crippen LogP contribution is -2.20. The molecular formula is C20H23F3N2O2S. The van der Waals surface area contributed by atoms with Gasteiger partial charge in [0.1, 0.15) is 0 Å². The molecule has 0 aliphatic carbocycles. The van der Waals surface area contributed by atoms with Gasteiger partial charge in [0, 0.05) is 12.2 Å². The van der Waals surface area contributed by atoms with Crippen molar-refractivity contribution in [2.75, 3.05) is 24.4 Å². The van der Waals surface area contributed by atoms with Crippen molar-refractivity contribution in [2.24, 2.45) is 0 Å². The summed E-state index contributed by atoms with van der Waals surface area (Å²) in [5.41, 5.74) is 0.660. The number of hydrogen-bond donors (Lipinski definition) is 1. The van der Waals surface area contributed by atoms with E-state index in [-0.39, 0.29) is 4.90 Å². The SMILES string of the molecule is CCCN1CCC(c2ccc(NS(=O)(=O)c3ccc(C(F)(F)F)cc3)cc2)C1. The van der Waals surface area contributed by atoms with Gasteiger partial charge in [-0.2, -0.15) is 13.2 Å². The predicted octanol–water partition coefficient (Wildman–Crippen LogP) is 4.71. The highest BCUT2D eigenvalue weighted by atomic mass is 32.2. The molecule has 2 aromatic rings. The maximum absolute atomic E-state index is 12.6. The third kappa shape index (κ3) is 4.86. The Morgan fingerprint density at radius 1 is 1.07 bits per heavy atom. The Bertz CT molecular complexity index is 895. The third-order valence-electron chi connectivity index (χ3n) is 4.94. The number of nitrogens with zero attached hydrogens (tertiary/aromatic N) is 1. The topological polar surface area (TPSA) is 49.4 Å². The molecule has 1 saturated heterocycles. The monoisotopic (exact) mass is 412 g/mol. The minimum atomic E-state index is -4.50. The predicted molar refractivity (Wildman–Crippen MR) is 103 cm³/mol. The molecule has 1 aliphatic heterocycles. The van der Waals surface area contributed by atoms with Crippen LogP contribution in [0.5, 0.6) is 0 Å². The average Bonchev–Trinajstić information content (AvgIpc) is 3.10. The summed E-state index contributed by atoms with van der Waals surface area (Å²) in [6.07, 6.45) is -2.30. The summed E-state index contributed by atoms with van der Waals surface area (Å²) < 4.78 is 65.1. The quantitative estimate of drug-likeness (QED) is 0.748. The fraction of sp³-hybridized carbons (Fsp3) is 0.400. The first-order chi connectivity index (χ1) is 13.2. The van der Waals surface area contributed by atoms with Gasteiger partial charge in [-0.1, -0.05) is 19.1 Å². The molecule has 28 heavy (non-hydrogen) atoms. The van der Waals surface area contributed by atoms with Crippen molar-refractivity contribution < 1.29 is 21.6 Å². The highest BCUT2D eigenvalue weighted by Gasteiger charge is 2.30. The van der Waals surface area contributed by atoms with Crippen molar-refractivity contribution in [3.05, 3.63) is 59.7 Å². The zero-order chi connectivity index (χ0) is 20.4. The number of likely N-dealkylation sites (tertiary alicyclic amines) is 1. The van der Waals surface area contributed by atoms with E-state index in [0.717, 1.165) is 62.3 Å². The lowest BCUT2D eigenvalue weighted by Gasteiger charge is -2.15. The summed E-state index contributed by atoms with van der Waals surface area (Å²) in [6.45, 7) is 5.32. The van der Waals surface area contributed by atoms with E-state index >= 15 is 0 Å². The molecule has 0 spiro atoms. The van der Waals surface area contributed by atoms with E-state index in [1.165, 1.54) is 0 Å². The van der Waals surface area contributed by atoms with Crippen LogP contribution in [0.25, 0.3) is 0 Å². The highest BCUT2D eigenvalue weighted by molar-refractivity contribution is 7.92. The molecule has 3 rings (SSSR count). The van der Waals surface area contributed by atoms with E-state index in [2.05, 4.69) is 16.5 Å². The molecule has 1 N–H and O–H groups in total. The summed E-state index contributed by atoms with van der Waals surface area (Å²) in [7, 11) is -3.95. The van der Waals surface area contributed by atoms with Crippen molar-refractivity contribution >= 4 is 15.7 Å². The van der Waals surface area contributed by atoms with Crippen LogP contribution in [0.3, 0.4) is 0 Å². The molecule has 0 amide bonds. The summed E-state index contributed by atoms with van der Waals surface area (Å²) in [6, 6.07) is 10.6. The van der Waals surface area contributed by atoms with E-state index in [9.17, 15) is 21.6 Å². The second-order valence-electron chi connectivity index (χ2n) is 7.04. The Morgan fingerprint density at radius 2 is 1.71 bits per heavy atom. The lowest BCUT2D eigenvalue weighted by molar-refractivity contribution is -0.137. The first kappa shape index (κ1) is 20.7. The van der Waals surface area contributed by atoms with Gasteiger partial charge in [-0.15, -0.1) is 0 Å². The van der Waals surface area contributed by atoms with Gasteiger partial charge < -0.3 is 4.90 Å². The molecule has 0 aromatic heterocycles. The van der Waals surface area contributed by atoms with Crippen molar-refractivity contribution in [1.29, 1.82) is 0 Å². The molecule has 1 fully saturated rings. The van der Waals surface area contributed by atoms with Crippen LogP contribution in [0.1, 0.15) is 36.8 Å². The van der Waals surface area contributed by atoms with E-state index < -0.39 is 21.8 Å². The van der Waals surface area contributed by atoms with Crippen LogP contribution in [0.2, 0.25) is 0 Å². The highest BCUT2D eigenvalue weighted by Crippen LogP contribution is 2.31. The van der Waals surface area contributed by atoms with Gasteiger partial charge in [-0.25, -0.2) is 8.42 Å². The van der Waals surface area contributed by atoms with Crippen LogP contribution in [-0.4, -0.2) is 33.0 Å². The number of hydrogen-bond acceptors (Lipinski definition) is 3. The zero-order valence-electron chi connectivity index (χ0n) is 15.5. The number of anilines is 1. The normalized spacial score (nSPS) is 18.4. The number of rotatable bonds is 6. The van der Waals surface area contributed by atoms with Gasteiger partial charge in [0.25, 0.3) is 10.0 Å². The Labute approximate surface area is 163 Å². The van der Waals surface area contributed by atoms with Crippen molar-refractivity contribution in [3.8, 4) is 0 Å². The Kier molecular flexibility index (Phi) is 6.00. The summed E-state index contributed by atoms with van der Waals surface area (Å²) in [5, 5.41) is 0. The van der Waals surface area contributed by atoms with E-state index in [0.29, 0.717) is 11.6 Å². The second-order valence-corrected chi connectivity index (χ2v) is 8.72. The maximum Gasteiger partial charge on any atom is 0.416 e. The molecule has 1 aliphatic rings. The largest absolute Gasteiger partial charge is 0.416 e. The standard InChI is InChI=1S/C20H23F3N2O2S/c1-2-12-25-13-11-16(14-25)15-3-7-18(8-4-15)24-28(26,27)19-9-5-17(6-10-19)20(21,22)23/h3-10,16,24H,2,11-14H2,1H3. The number of nitrogens with one attached hydrogen (secondary N) is 1.